The van der Waals surface area contributed by atoms with E-state index in [4.69, 9.17) is 21.6 Å². The van der Waals surface area contributed by atoms with Crippen molar-refractivity contribution in [2.45, 2.75) is 70.1 Å². The van der Waals surface area contributed by atoms with E-state index in [9.17, 15) is 19.2 Å². The van der Waals surface area contributed by atoms with Gasteiger partial charge in [-0.1, -0.05) is 11.6 Å². The number of nitrogens with zero attached hydrogens (tertiary/aromatic N) is 7. The van der Waals surface area contributed by atoms with Crippen LogP contribution < -0.4 is 25.2 Å². The van der Waals surface area contributed by atoms with Crippen LogP contribution in [0.3, 0.4) is 0 Å². The second-order valence-corrected chi connectivity index (χ2v) is 16.0. The van der Waals surface area contributed by atoms with E-state index in [0.29, 0.717) is 59.4 Å². The number of carbonyl (C=O) groups is 4. The largest absolute Gasteiger partial charge is 0.490 e. The number of ether oxygens (including phenoxy) is 1. The zero-order valence-electron chi connectivity index (χ0n) is 31.3. The smallest absolute Gasteiger partial charge is 0.255 e. The summed E-state index contributed by atoms with van der Waals surface area (Å²) in [6.45, 7) is 7.04. The van der Waals surface area contributed by atoms with Crippen LogP contribution in [0.1, 0.15) is 72.9 Å². The lowest BCUT2D eigenvalue weighted by Crippen LogP contribution is -2.52. The fourth-order valence-electron chi connectivity index (χ4n) is 8.74. The summed E-state index contributed by atoms with van der Waals surface area (Å²) in [4.78, 5) is 59.0. The Bertz CT molecular complexity index is 2020. The molecule has 0 spiro atoms. The molecule has 1 aliphatic carbocycles. The summed E-state index contributed by atoms with van der Waals surface area (Å²) in [5, 5.41) is 23.6. The molecule has 1 saturated carbocycles. The molecule has 1 aromatic heterocycles. The van der Waals surface area contributed by atoms with Gasteiger partial charge in [-0.3, -0.25) is 29.4 Å². The molecule has 4 amide bonds. The molecule has 292 valence electrons. The number of halogens is 1. The molecule has 3 aromatic rings. The van der Waals surface area contributed by atoms with Crippen LogP contribution >= 0.6 is 11.6 Å². The van der Waals surface area contributed by atoms with Crippen LogP contribution in [0.25, 0.3) is 0 Å². The maximum atomic E-state index is 13.1. The zero-order valence-corrected chi connectivity index (χ0v) is 32.0. The topological polar surface area (TPSA) is 164 Å². The number of rotatable bonds is 9. The molecule has 15 heteroatoms. The standard InChI is InChI=1S/C41H46ClN9O5/c42-34-22-32(7-3-28(34)23-43)56-31-5-1-27(2-6-31)39(53)44-36-10-11-37(47-46-36)50-15-13-26(14-16-50)24-48-17-19-49(20-18-48)30-4-8-33-29(21-30)25-51(41(33)55)35-9-12-38(52)45-40(35)54/h3-4,7-8,10-11,21-22,26-27,31,35H,1-2,5-6,9,12-20,24-25H2,(H,44,46,53)(H,45,52,54)/t27-,31-,35?. The van der Waals surface area contributed by atoms with Gasteiger partial charge in [0, 0.05) is 82.0 Å². The van der Waals surface area contributed by atoms with Gasteiger partial charge in [0.25, 0.3) is 5.91 Å². The van der Waals surface area contributed by atoms with Crippen LogP contribution in [-0.2, 0) is 20.9 Å². The Balaban J connectivity index is 0.742. The van der Waals surface area contributed by atoms with Gasteiger partial charge in [-0.2, -0.15) is 5.26 Å². The molecule has 0 radical (unpaired) electrons. The number of nitriles is 1. The van der Waals surface area contributed by atoms with Gasteiger partial charge in [-0.15, -0.1) is 10.2 Å². The van der Waals surface area contributed by atoms with Crippen LogP contribution in [0.15, 0.2) is 48.5 Å². The van der Waals surface area contributed by atoms with Gasteiger partial charge < -0.3 is 24.8 Å². The lowest BCUT2D eigenvalue weighted by Gasteiger charge is -2.39. The minimum Gasteiger partial charge on any atom is -0.490 e. The minimum absolute atomic E-state index is 0.00312. The molecule has 4 fully saturated rings. The van der Waals surface area contributed by atoms with E-state index < -0.39 is 6.04 Å². The number of benzene rings is 2. The second-order valence-electron chi connectivity index (χ2n) is 15.6. The maximum Gasteiger partial charge on any atom is 0.255 e. The van der Waals surface area contributed by atoms with Gasteiger partial charge in [0.2, 0.25) is 17.7 Å². The summed E-state index contributed by atoms with van der Waals surface area (Å²) in [6.07, 6.45) is 5.69. The number of amides is 4. The Hall–Kier alpha value is -5.26. The fourth-order valence-corrected chi connectivity index (χ4v) is 8.95. The summed E-state index contributed by atoms with van der Waals surface area (Å²) in [5.41, 5.74) is 3.09. The van der Waals surface area contributed by atoms with Crippen molar-refractivity contribution >= 4 is 52.6 Å². The number of fused-ring (bicyclic) bond motifs is 1. The van der Waals surface area contributed by atoms with Crippen LogP contribution in [-0.4, -0.2) is 102 Å². The van der Waals surface area contributed by atoms with E-state index in [-0.39, 0.29) is 42.1 Å². The SMILES string of the molecule is N#Cc1ccc(O[C@H]2CC[C@H](C(=O)Nc3ccc(N4CCC(CN5CCN(c6ccc7c(c6)CN(C6CCC(=O)NC6=O)C7=O)CC5)CC4)nn3)CC2)cc1Cl. The van der Waals surface area contributed by atoms with Crippen LogP contribution in [0.4, 0.5) is 17.3 Å². The Morgan fingerprint density at radius 1 is 0.893 bits per heavy atom. The molecule has 1 unspecified atom stereocenters. The molecule has 2 N–H and O–H groups in total. The molecule has 0 bridgehead atoms. The van der Waals surface area contributed by atoms with Crippen molar-refractivity contribution in [3.05, 3.63) is 70.2 Å². The van der Waals surface area contributed by atoms with Crippen LogP contribution in [0.5, 0.6) is 5.75 Å². The molecule has 4 aliphatic heterocycles. The summed E-state index contributed by atoms with van der Waals surface area (Å²) in [7, 11) is 0. The Labute approximate surface area is 331 Å². The van der Waals surface area contributed by atoms with Crippen LogP contribution in [0.2, 0.25) is 5.02 Å². The number of hydrogen-bond donors (Lipinski definition) is 2. The predicted octanol–water partition coefficient (Wildman–Crippen LogP) is 4.38. The van der Waals surface area contributed by atoms with E-state index in [2.05, 4.69) is 47.7 Å². The number of piperidine rings is 2. The molecule has 1 atom stereocenters. The number of nitrogens with one attached hydrogen (secondary N) is 2. The van der Waals surface area contributed by atoms with Crippen molar-refractivity contribution in [1.82, 2.24) is 25.3 Å². The van der Waals surface area contributed by atoms with Crippen LogP contribution in [0, 0.1) is 23.2 Å². The monoisotopic (exact) mass is 779 g/mol. The first kappa shape index (κ1) is 37.7. The molecule has 56 heavy (non-hydrogen) atoms. The lowest BCUT2D eigenvalue weighted by molar-refractivity contribution is -0.137. The van der Waals surface area contributed by atoms with Gasteiger partial charge in [0.05, 0.1) is 16.7 Å². The minimum atomic E-state index is -0.604. The van der Waals surface area contributed by atoms with Gasteiger partial charge in [-0.25, -0.2) is 0 Å². The number of imide groups is 1. The van der Waals surface area contributed by atoms with Gasteiger partial charge in [-0.05, 0) is 98.9 Å². The Kier molecular flexibility index (Phi) is 11.1. The molecular formula is C41H46ClN9O5. The van der Waals surface area contributed by atoms with Gasteiger partial charge in [0.15, 0.2) is 11.6 Å². The Morgan fingerprint density at radius 3 is 2.38 bits per heavy atom. The first-order valence-corrected chi connectivity index (χ1v) is 20.1. The third-order valence-electron chi connectivity index (χ3n) is 12.0. The average Bonchev–Trinajstić information content (AvgIpc) is 3.54. The van der Waals surface area contributed by atoms with Crippen molar-refractivity contribution < 1.29 is 23.9 Å². The molecule has 5 aliphatic rings. The van der Waals surface area contributed by atoms with Crippen molar-refractivity contribution in [2.75, 3.05) is 60.9 Å². The highest BCUT2D eigenvalue weighted by Crippen LogP contribution is 2.33. The summed E-state index contributed by atoms with van der Waals surface area (Å²) in [5.74, 6) is 1.55. The second kappa shape index (κ2) is 16.5. The quantitative estimate of drug-likeness (QED) is 0.297. The van der Waals surface area contributed by atoms with E-state index in [1.54, 1.807) is 23.1 Å². The average molecular weight is 780 g/mol. The lowest BCUT2D eigenvalue weighted by atomic mass is 9.86. The molecule has 2 aromatic carbocycles. The maximum absolute atomic E-state index is 13.1. The number of aromatic nitrogens is 2. The summed E-state index contributed by atoms with van der Waals surface area (Å²) < 4.78 is 6.07. The zero-order chi connectivity index (χ0) is 38.8. The molecule has 5 heterocycles. The third kappa shape index (κ3) is 8.29. The third-order valence-corrected chi connectivity index (χ3v) is 12.3. The van der Waals surface area contributed by atoms with Crippen molar-refractivity contribution in [3.63, 3.8) is 0 Å². The van der Waals surface area contributed by atoms with E-state index >= 15 is 0 Å². The highest BCUT2D eigenvalue weighted by atomic mass is 35.5. The van der Waals surface area contributed by atoms with E-state index in [0.717, 1.165) is 88.6 Å². The molecule has 3 saturated heterocycles. The summed E-state index contributed by atoms with van der Waals surface area (Å²) >= 11 is 6.14. The van der Waals surface area contributed by atoms with Gasteiger partial charge >= 0.3 is 0 Å². The van der Waals surface area contributed by atoms with Crippen molar-refractivity contribution in [3.8, 4) is 11.8 Å². The Morgan fingerprint density at radius 2 is 1.68 bits per heavy atom. The number of piperazine rings is 1. The van der Waals surface area contributed by atoms with Crippen molar-refractivity contribution in [1.29, 1.82) is 5.26 Å². The highest BCUT2D eigenvalue weighted by molar-refractivity contribution is 6.31. The highest BCUT2D eigenvalue weighted by Gasteiger charge is 2.39. The van der Waals surface area contributed by atoms with E-state index in [1.165, 1.54) is 0 Å². The number of anilines is 3. The molecule has 8 rings (SSSR count). The summed E-state index contributed by atoms with van der Waals surface area (Å²) in [6, 6.07) is 16.3. The predicted molar refractivity (Wildman–Crippen MR) is 209 cm³/mol. The number of carbonyl (C=O) groups excluding carboxylic acids is 4. The molecule has 14 nitrogen and oxygen atoms in total. The molecular weight excluding hydrogens is 734 g/mol. The first-order chi connectivity index (χ1) is 27.2. The van der Waals surface area contributed by atoms with Gasteiger partial charge in [0.1, 0.15) is 17.9 Å². The first-order valence-electron chi connectivity index (χ1n) is 19.7. The normalized spacial score (nSPS) is 23.4. The van der Waals surface area contributed by atoms with E-state index in [1.807, 2.05) is 24.3 Å². The number of hydrogen-bond acceptors (Lipinski definition) is 11. The fraction of sp³-hybridized carbons (Fsp3) is 0.488. The van der Waals surface area contributed by atoms with Crippen molar-refractivity contribution in [2.24, 2.45) is 11.8 Å².